The second-order valence-electron chi connectivity index (χ2n) is 4.31. The fraction of sp³-hybridized carbons (Fsp3) is 0.700. The molecule has 0 fully saturated rings. The molecule has 13 heavy (non-hydrogen) atoms. The predicted octanol–water partition coefficient (Wildman–Crippen LogP) is 3.11. The highest BCUT2D eigenvalue weighted by atomic mass is 127. The Morgan fingerprint density at radius 3 is 2.15 bits per heavy atom. The van der Waals surface area contributed by atoms with Crippen molar-refractivity contribution >= 4 is 22.6 Å². The largest absolute Gasteiger partial charge is 0.269 e. The first-order chi connectivity index (χ1) is 5.88. The Morgan fingerprint density at radius 1 is 1.38 bits per heavy atom. The molecule has 1 aromatic rings. The molecular weight excluding hydrogens is 275 g/mol. The van der Waals surface area contributed by atoms with Gasteiger partial charge in [-0.15, -0.1) is 0 Å². The van der Waals surface area contributed by atoms with Crippen LogP contribution in [0.1, 0.15) is 39.1 Å². The third kappa shape index (κ3) is 2.06. The van der Waals surface area contributed by atoms with Gasteiger partial charge in [-0.05, 0) is 36.4 Å². The molecule has 0 saturated carbocycles. The molecule has 0 aliphatic rings. The Kier molecular flexibility index (Phi) is 3.05. The van der Waals surface area contributed by atoms with Gasteiger partial charge in [0, 0.05) is 17.7 Å². The second kappa shape index (κ2) is 3.59. The van der Waals surface area contributed by atoms with E-state index in [4.69, 9.17) is 0 Å². The van der Waals surface area contributed by atoms with Crippen molar-refractivity contribution in [1.29, 1.82) is 0 Å². The van der Waals surface area contributed by atoms with Crippen LogP contribution < -0.4 is 0 Å². The Balaban J connectivity index is 3.25. The Morgan fingerprint density at radius 2 is 1.92 bits per heavy atom. The first-order valence-corrected chi connectivity index (χ1v) is 5.69. The van der Waals surface area contributed by atoms with E-state index in [1.54, 1.807) is 0 Å². The smallest absolute Gasteiger partial charge is 0.0814 e. The molecule has 0 aliphatic heterocycles. The molecular formula is C10H17IN2. The van der Waals surface area contributed by atoms with E-state index in [1.807, 2.05) is 0 Å². The maximum absolute atomic E-state index is 4.61. The summed E-state index contributed by atoms with van der Waals surface area (Å²) in [5.74, 6) is 0. The Bertz CT molecular complexity index is 307. The van der Waals surface area contributed by atoms with Gasteiger partial charge >= 0.3 is 0 Å². The fourth-order valence-electron chi connectivity index (χ4n) is 1.31. The van der Waals surface area contributed by atoms with E-state index in [-0.39, 0.29) is 5.41 Å². The molecule has 0 amide bonds. The molecule has 0 radical (unpaired) electrons. The van der Waals surface area contributed by atoms with E-state index in [2.05, 4.69) is 67.0 Å². The molecule has 1 rings (SSSR count). The van der Waals surface area contributed by atoms with Gasteiger partial charge in [0.2, 0.25) is 0 Å². The summed E-state index contributed by atoms with van der Waals surface area (Å²) in [4.78, 5) is 0. The fourth-order valence-corrected chi connectivity index (χ4v) is 2.51. The minimum atomic E-state index is 0.154. The number of aryl methyl sites for hydroxylation is 1. The molecule has 1 aromatic heterocycles. The first kappa shape index (κ1) is 11.0. The minimum absolute atomic E-state index is 0.154. The molecule has 0 bridgehead atoms. The van der Waals surface area contributed by atoms with Crippen molar-refractivity contribution in [2.45, 2.75) is 46.6 Å². The van der Waals surface area contributed by atoms with E-state index in [0.717, 1.165) is 6.54 Å². The van der Waals surface area contributed by atoms with Crippen LogP contribution in [-0.4, -0.2) is 9.78 Å². The summed E-state index contributed by atoms with van der Waals surface area (Å²) in [7, 11) is 0. The van der Waals surface area contributed by atoms with E-state index in [1.165, 1.54) is 15.0 Å². The van der Waals surface area contributed by atoms with E-state index in [9.17, 15) is 0 Å². The monoisotopic (exact) mass is 292 g/mol. The van der Waals surface area contributed by atoms with Crippen molar-refractivity contribution in [1.82, 2.24) is 9.78 Å². The summed E-state index contributed by atoms with van der Waals surface area (Å²) in [5.41, 5.74) is 2.65. The number of aromatic nitrogens is 2. The van der Waals surface area contributed by atoms with Crippen molar-refractivity contribution in [2.75, 3.05) is 0 Å². The highest BCUT2D eigenvalue weighted by molar-refractivity contribution is 14.1. The van der Waals surface area contributed by atoms with Gasteiger partial charge in [0.25, 0.3) is 0 Å². The summed E-state index contributed by atoms with van der Waals surface area (Å²) < 4.78 is 3.38. The van der Waals surface area contributed by atoms with Gasteiger partial charge in [-0.25, -0.2) is 0 Å². The van der Waals surface area contributed by atoms with E-state index < -0.39 is 0 Å². The summed E-state index contributed by atoms with van der Waals surface area (Å²) >= 11 is 2.39. The van der Waals surface area contributed by atoms with Crippen molar-refractivity contribution in [3.8, 4) is 0 Å². The first-order valence-electron chi connectivity index (χ1n) is 4.61. The van der Waals surface area contributed by atoms with Crippen LogP contribution >= 0.6 is 22.6 Å². The number of rotatable bonds is 1. The highest BCUT2D eigenvalue weighted by Gasteiger charge is 2.22. The summed E-state index contributed by atoms with van der Waals surface area (Å²) in [6.07, 6.45) is 0. The molecule has 0 N–H and O–H groups in total. The third-order valence-electron chi connectivity index (χ3n) is 2.14. The van der Waals surface area contributed by atoms with Crippen molar-refractivity contribution < 1.29 is 0 Å². The molecule has 2 nitrogen and oxygen atoms in total. The van der Waals surface area contributed by atoms with Crippen LogP contribution in [-0.2, 0) is 12.0 Å². The van der Waals surface area contributed by atoms with Gasteiger partial charge in [0.05, 0.1) is 9.26 Å². The van der Waals surface area contributed by atoms with Gasteiger partial charge in [-0.2, -0.15) is 5.10 Å². The average molecular weight is 292 g/mol. The van der Waals surface area contributed by atoms with Crippen LogP contribution in [0.15, 0.2) is 0 Å². The number of nitrogens with zero attached hydrogens (tertiary/aromatic N) is 2. The quantitative estimate of drug-likeness (QED) is 0.727. The topological polar surface area (TPSA) is 17.8 Å². The van der Waals surface area contributed by atoms with Crippen molar-refractivity contribution in [3.05, 3.63) is 15.0 Å². The highest BCUT2D eigenvalue weighted by Crippen LogP contribution is 2.27. The molecule has 1 heterocycles. The minimum Gasteiger partial charge on any atom is -0.269 e. The van der Waals surface area contributed by atoms with Gasteiger partial charge in [0.15, 0.2) is 0 Å². The van der Waals surface area contributed by atoms with Gasteiger partial charge in [-0.1, -0.05) is 20.8 Å². The van der Waals surface area contributed by atoms with Crippen LogP contribution in [0.3, 0.4) is 0 Å². The maximum atomic E-state index is 4.61. The maximum Gasteiger partial charge on any atom is 0.0814 e. The molecule has 0 saturated heterocycles. The molecule has 0 aliphatic carbocycles. The lowest BCUT2D eigenvalue weighted by Gasteiger charge is -2.15. The average Bonchev–Trinajstić information content (AvgIpc) is 2.28. The standard InChI is InChI=1S/C10H17IN2/c1-6-13-7(2)8(11)9(12-13)10(3,4)5/h6H2,1-5H3. The van der Waals surface area contributed by atoms with Crippen molar-refractivity contribution in [3.63, 3.8) is 0 Å². The normalized spacial score (nSPS) is 12.2. The summed E-state index contributed by atoms with van der Waals surface area (Å²) in [6.45, 7) is 11.8. The zero-order valence-corrected chi connectivity index (χ0v) is 11.1. The zero-order chi connectivity index (χ0) is 10.2. The second-order valence-corrected chi connectivity index (χ2v) is 5.39. The Labute approximate surface area is 93.9 Å². The molecule has 0 spiro atoms. The van der Waals surface area contributed by atoms with Gasteiger partial charge in [-0.3, -0.25) is 4.68 Å². The molecule has 0 atom stereocenters. The molecule has 3 heteroatoms. The zero-order valence-electron chi connectivity index (χ0n) is 8.98. The van der Waals surface area contributed by atoms with Gasteiger partial charge < -0.3 is 0 Å². The van der Waals surface area contributed by atoms with E-state index in [0.29, 0.717) is 0 Å². The SMILES string of the molecule is CCn1nc(C(C)(C)C)c(I)c1C. The lowest BCUT2D eigenvalue weighted by Crippen LogP contribution is -2.14. The van der Waals surface area contributed by atoms with Crippen molar-refractivity contribution in [2.24, 2.45) is 0 Å². The van der Waals surface area contributed by atoms with Crippen LogP contribution in [0.2, 0.25) is 0 Å². The predicted molar refractivity (Wildman–Crippen MR) is 64.1 cm³/mol. The van der Waals surface area contributed by atoms with Crippen LogP contribution in [0.4, 0.5) is 0 Å². The van der Waals surface area contributed by atoms with Crippen LogP contribution in [0.25, 0.3) is 0 Å². The third-order valence-corrected chi connectivity index (χ3v) is 3.43. The number of halogens is 1. The summed E-state index contributed by atoms with van der Waals surface area (Å²) in [6, 6.07) is 0. The van der Waals surface area contributed by atoms with E-state index >= 15 is 0 Å². The lowest BCUT2D eigenvalue weighted by molar-refractivity contribution is 0.537. The van der Waals surface area contributed by atoms with Gasteiger partial charge in [0.1, 0.15) is 0 Å². The molecule has 0 aromatic carbocycles. The number of hydrogen-bond acceptors (Lipinski definition) is 1. The summed E-state index contributed by atoms with van der Waals surface area (Å²) in [5, 5.41) is 4.61. The van der Waals surface area contributed by atoms with Crippen LogP contribution in [0, 0.1) is 10.5 Å². The number of hydrogen-bond donors (Lipinski definition) is 0. The lowest BCUT2D eigenvalue weighted by atomic mass is 9.92. The van der Waals surface area contributed by atoms with Crippen LogP contribution in [0.5, 0.6) is 0 Å². The molecule has 0 unspecified atom stereocenters. The molecule has 74 valence electrons. The Hall–Kier alpha value is -0.0600.